The number of amides is 3. The fourth-order valence-corrected chi connectivity index (χ4v) is 3.27. The first-order valence-corrected chi connectivity index (χ1v) is 8.35. The predicted octanol–water partition coefficient (Wildman–Crippen LogP) is 2.19. The van der Waals surface area contributed by atoms with Crippen molar-refractivity contribution in [1.29, 1.82) is 0 Å². The van der Waals surface area contributed by atoms with Gasteiger partial charge in [0.2, 0.25) is 5.91 Å². The van der Waals surface area contributed by atoms with Gasteiger partial charge in [-0.3, -0.25) is 4.79 Å². The minimum atomic E-state index is -0.263. The van der Waals surface area contributed by atoms with E-state index in [1.54, 1.807) is 4.90 Å². The summed E-state index contributed by atoms with van der Waals surface area (Å²) in [5.74, 6) is -0.364. The summed E-state index contributed by atoms with van der Waals surface area (Å²) >= 11 is 0. The van der Waals surface area contributed by atoms with Crippen molar-refractivity contribution in [2.75, 3.05) is 13.1 Å². The second-order valence-corrected chi connectivity index (χ2v) is 6.58. The van der Waals surface area contributed by atoms with Gasteiger partial charge in [0, 0.05) is 42.1 Å². The molecule has 3 rings (SSSR count). The van der Waals surface area contributed by atoms with Crippen LogP contribution in [-0.4, -0.2) is 34.9 Å². The SMILES string of the molecule is Cc1[nH]c2ccc(CNC(=O)N3CCC(C(N)=O)CC3)cc2c1C. The summed E-state index contributed by atoms with van der Waals surface area (Å²) in [4.78, 5) is 28.6. The molecule has 1 saturated heterocycles. The number of H-pyrrole nitrogens is 1. The fraction of sp³-hybridized carbons (Fsp3) is 0.444. The molecule has 2 heterocycles. The number of nitrogens with one attached hydrogen (secondary N) is 2. The summed E-state index contributed by atoms with van der Waals surface area (Å²) in [5, 5.41) is 4.16. The molecule has 1 fully saturated rings. The Morgan fingerprint density at radius 1 is 1.29 bits per heavy atom. The minimum absolute atomic E-state index is 0.0833. The van der Waals surface area contributed by atoms with E-state index in [0.29, 0.717) is 32.5 Å². The number of aromatic nitrogens is 1. The van der Waals surface area contributed by atoms with Crippen molar-refractivity contribution in [3.05, 3.63) is 35.0 Å². The van der Waals surface area contributed by atoms with Crippen molar-refractivity contribution in [2.24, 2.45) is 11.7 Å². The van der Waals surface area contributed by atoms with Crippen LogP contribution in [0.5, 0.6) is 0 Å². The van der Waals surface area contributed by atoms with Crippen molar-refractivity contribution >= 4 is 22.8 Å². The zero-order valence-corrected chi connectivity index (χ0v) is 14.2. The lowest BCUT2D eigenvalue weighted by Crippen LogP contribution is -2.46. The molecule has 128 valence electrons. The first-order valence-electron chi connectivity index (χ1n) is 8.35. The van der Waals surface area contributed by atoms with Crippen LogP contribution in [-0.2, 0) is 11.3 Å². The molecular weight excluding hydrogens is 304 g/mol. The number of nitrogens with two attached hydrogens (primary N) is 1. The summed E-state index contributed by atoms with van der Waals surface area (Å²) in [5.41, 5.74) is 9.93. The Bertz CT molecular complexity index is 773. The number of rotatable bonds is 3. The number of hydrogen-bond donors (Lipinski definition) is 3. The number of aryl methyl sites for hydroxylation is 2. The highest BCUT2D eigenvalue weighted by Gasteiger charge is 2.25. The number of hydrogen-bond acceptors (Lipinski definition) is 2. The van der Waals surface area contributed by atoms with Crippen LogP contribution in [0.2, 0.25) is 0 Å². The van der Waals surface area contributed by atoms with Gasteiger partial charge in [-0.15, -0.1) is 0 Å². The summed E-state index contributed by atoms with van der Waals surface area (Å²) < 4.78 is 0. The van der Waals surface area contributed by atoms with Crippen molar-refractivity contribution in [1.82, 2.24) is 15.2 Å². The number of carbonyl (C=O) groups is 2. The third kappa shape index (κ3) is 3.22. The first kappa shape index (κ1) is 16.4. The zero-order valence-electron chi connectivity index (χ0n) is 14.2. The quantitative estimate of drug-likeness (QED) is 0.806. The van der Waals surface area contributed by atoms with E-state index >= 15 is 0 Å². The van der Waals surface area contributed by atoms with Gasteiger partial charge in [0.25, 0.3) is 0 Å². The average Bonchev–Trinajstić information content (AvgIpc) is 2.87. The summed E-state index contributed by atoms with van der Waals surface area (Å²) in [7, 11) is 0. The van der Waals surface area contributed by atoms with Crippen LogP contribution in [0.15, 0.2) is 18.2 Å². The number of primary amides is 1. The molecule has 0 aliphatic carbocycles. The molecule has 0 atom stereocenters. The number of likely N-dealkylation sites (tertiary alicyclic amines) is 1. The fourth-order valence-electron chi connectivity index (χ4n) is 3.27. The molecule has 6 heteroatoms. The predicted molar refractivity (Wildman–Crippen MR) is 93.5 cm³/mol. The number of piperidine rings is 1. The summed E-state index contributed by atoms with van der Waals surface area (Å²) in [6, 6.07) is 6.11. The van der Waals surface area contributed by atoms with Gasteiger partial charge < -0.3 is 20.9 Å². The number of aromatic amines is 1. The lowest BCUT2D eigenvalue weighted by molar-refractivity contribution is -0.123. The molecule has 3 amide bonds. The van der Waals surface area contributed by atoms with Crippen molar-refractivity contribution in [3.8, 4) is 0 Å². The van der Waals surface area contributed by atoms with E-state index in [4.69, 9.17) is 5.73 Å². The number of urea groups is 1. The second-order valence-electron chi connectivity index (χ2n) is 6.58. The average molecular weight is 328 g/mol. The summed E-state index contributed by atoms with van der Waals surface area (Å²) in [6.45, 7) is 5.81. The third-order valence-corrected chi connectivity index (χ3v) is 5.00. The highest BCUT2D eigenvalue weighted by Crippen LogP contribution is 2.22. The highest BCUT2D eigenvalue weighted by atomic mass is 16.2. The maximum absolute atomic E-state index is 12.3. The smallest absolute Gasteiger partial charge is 0.317 e. The molecule has 24 heavy (non-hydrogen) atoms. The van der Waals surface area contributed by atoms with Crippen molar-refractivity contribution in [3.63, 3.8) is 0 Å². The number of carbonyl (C=O) groups excluding carboxylic acids is 2. The van der Waals surface area contributed by atoms with Gasteiger partial charge in [0.05, 0.1) is 0 Å². The largest absolute Gasteiger partial charge is 0.369 e. The van der Waals surface area contributed by atoms with E-state index in [0.717, 1.165) is 11.1 Å². The van der Waals surface area contributed by atoms with Crippen LogP contribution in [0.25, 0.3) is 10.9 Å². The van der Waals surface area contributed by atoms with Gasteiger partial charge in [-0.1, -0.05) is 6.07 Å². The molecule has 0 spiro atoms. The topological polar surface area (TPSA) is 91.2 Å². The molecule has 0 radical (unpaired) electrons. The lowest BCUT2D eigenvalue weighted by Gasteiger charge is -2.30. The van der Waals surface area contributed by atoms with Gasteiger partial charge in [-0.2, -0.15) is 0 Å². The monoisotopic (exact) mass is 328 g/mol. The van der Waals surface area contributed by atoms with Crippen LogP contribution in [0.3, 0.4) is 0 Å². The third-order valence-electron chi connectivity index (χ3n) is 5.00. The van der Waals surface area contributed by atoms with Crippen LogP contribution in [0, 0.1) is 19.8 Å². The Balaban J connectivity index is 1.58. The molecule has 4 N–H and O–H groups in total. The van der Waals surface area contributed by atoms with Gasteiger partial charge >= 0.3 is 6.03 Å². The van der Waals surface area contributed by atoms with Crippen LogP contribution in [0.1, 0.15) is 29.7 Å². The van der Waals surface area contributed by atoms with Crippen LogP contribution >= 0.6 is 0 Å². The Kier molecular flexibility index (Phi) is 4.46. The van der Waals surface area contributed by atoms with E-state index in [-0.39, 0.29) is 17.9 Å². The normalized spacial score (nSPS) is 15.7. The van der Waals surface area contributed by atoms with E-state index < -0.39 is 0 Å². The molecular formula is C18H24N4O2. The molecule has 1 aromatic carbocycles. The molecule has 6 nitrogen and oxygen atoms in total. The maximum Gasteiger partial charge on any atom is 0.317 e. The maximum atomic E-state index is 12.3. The minimum Gasteiger partial charge on any atom is -0.369 e. The zero-order chi connectivity index (χ0) is 17.3. The van der Waals surface area contributed by atoms with Crippen LogP contribution < -0.4 is 11.1 Å². The van der Waals surface area contributed by atoms with Gasteiger partial charge in [-0.05, 0) is 49.9 Å². The highest BCUT2D eigenvalue weighted by molar-refractivity contribution is 5.85. The van der Waals surface area contributed by atoms with Crippen LogP contribution in [0.4, 0.5) is 4.79 Å². The number of fused-ring (bicyclic) bond motifs is 1. The number of benzene rings is 1. The van der Waals surface area contributed by atoms with E-state index in [9.17, 15) is 9.59 Å². The van der Waals surface area contributed by atoms with E-state index in [1.807, 2.05) is 6.07 Å². The summed E-state index contributed by atoms with van der Waals surface area (Å²) in [6.07, 6.45) is 1.30. The molecule has 1 aliphatic heterocycles. The van der Waals surface area contributed by atoms with Gasteiger partial charge in [-0.25, -0.2) is 4.79 Å². The number of nitrogens with zero attached hydrogens (tertiary/aromatic N) is 1. The van der Waals surface area contributed by atoms with E-state index in [1.165, 1.54) is 16.6 Å². The lowest BCUT2D eigenvalue weighted by atomic mass is 9.96. The molecule has 1 aliphatic rings. The standard InChI is InChI=1S/C18H24N4O2/c1-11-12(2)21-16-4-3-13(9-15(11)16)10-20-18(24)22-7-5-14(6-8-22)17(19)23/h3-4,9,14,21H,5-8,10H2,1-2H3,(H2,19,23)(H,20,24). The van der Waals surface area contributed by atoms with Gasteiger partial charge in [0.15, 0.2) is 0 Å². The first-order chi connectivity index (χ1) is 11.5. The van der Waals surface area contributed by atoms with E-state index in [2.05, 4.69) is 36.3 Å². The van der Waals surface area contributed by atoms with Crippen molar-refractivity contribution < 1.29 is 9.59 Å². The molecule has 2 aromatic rings. The molecule has 0 unspecified atom stereocenters. The Labute approximate surface area is 141 Å². The Hall–Kier alpha value is -2.50. The Morgan fingerprint density at radius 3 is 2.67 bits per heavy atom. The second kappa shape index (κ2) is 6.55. The van der Waals surface area contributed by atoms with Gasteiger partial charge in [0.1, 0.15) is 0 Å². The van der Waals surface area contributed by atoms with Crippen molar-refractivity contribution in [2.45, 2.75) is 33.2 Å². The molecule has 0 bridgehead atoms. The Morgan fingerprint density at radius 2 is 2.00 bits per heavy atom. The molecule has 0 saturated carbocycles. The molecule has 1 aromatic heterocycles.